The molecular weight excluding hydrogens is 449 g/mol. The zero-order valence-electron chi connectivity index (χ0n) is 21.0. The third-order valence-electron chi connectivity index (χ3n) is 5.94. The van der Waals surface area contributed by atoms with Crippen molar-refractivity contribution < 1.29 is 23.8 Å². The number of carbonyl (C=O) groups excluding carboxylic acids is 1. The van der Waals surface area contributed by atoms with Crippen LogP contribution in [0.3, 0.4) is 0 Å². The van der Waals surface area contributed by atoms with Crippen molar-refractivity contribution in [1.29, 1.82) is 0 Å². The van der Waals surface area contributed by atoms with Gasteiger partial charge in [-0.05, 0) is 56.2 Å². The number of likely N-dealkylation sites (N-methyl/N-ethyl adjacent to an activating group) is 1. The van der Waals surface area contributed by atoms with Crippen LogP contribution in [0.25, 0.3) is 11.1 Å². The molecule has 8 heteroatoms. The zero-order chi connectivity index (χ0) is 25.9. The van der Waals surface area contributed by atoms with Gasteiger partial charge in [-0.3, -0.25) is 4.79 Å². The fraction of sp³-hybridized carbons (Fsp3) is 0.296. The highest BCUT2D eigenvalue weighted by atomic mass is 19.1. The molecule has 35 heavy (non-hydrogen) atoms. The van der Waals surface area contributed by atoms with Gasteiger partial charge in [-0.15, -0.1) is 0 Å². The van der Waals surface area contributed by atoms with Crippen LogP contribution in [0.2, 0.25) is 0 Å². The molecule has 1 amide bonds. The lowest BCUT2D eigenvalue weighted by Gasteiger charge is -2.39. The summed E-state index contributed by atoms with van der Waals surface area (Å²) in [5, 5.41) is 9.08. The summed E-state index contributed by atoms with van der Waals surface area (Å²) < 4.78 is 25.5. The third kappa shape index (κ3) is 5.02. The topological polar surface area (TPSA) is 99.7 Å². The first kappa shape index (κ1) is 25.8. The monoisotopic (exact) mass is 482 g/mol. The second kappa shape index (κ2) is 10.2. The smallest absolute Gasteiger partial charge is 0.251 e. The number of benzene rings is 3. The summed E-state index contributed by atoms with van der Waals surface area (Å²) in [6.07, 6.45) is 0. The molecule has 0 saturated heterocycles. The highest BCUT2D eigenvalue weighted by molar-refractivity contribution is 6.08. The quantitative estimate of drug-likeness (QED) is 0.413. The van der Waals surface area contributed by atoms with Crippen LogP contribution in [-0.4, -0.2) is 37.8 Å². The van der Waals surface area contributed by atoms with E-state index in [1.165, 1.54) is 19.2 Å². The van der Waals surface area contributed by atoms with E-state index in [2.05, 4.69) is 5.32 Å². The van der Waals surface area contributed by atoms with Gasteiger partial charge in [-0.1, -0.05) is 12.1 Å². The predicted molar refractivity (Wildman–Crippen MR) is 139 cm³/mol. The van der Waals surface area contributed by atoms with Gasteiger partial charge >= 0.3 is 0 Å². The van der Waals surface area contributed by atoms with Gasteiger partial charge in [-0.25, -0.2) is 4.39 Å². The number of methoxy groups -OCH3 is 1. The number of hydrogen-bond acceptors (Lipinski definition) is 5. The summed E-state index contributed by atoms with van der Waals surface area (Å²) in [5.74, 6) is 0.610. The number of ether oxygens (including phenoxy) is 2. The van der Waals surface area contributed by atoms with E-state index >= 15 is 0 Å². The van der Waals surface area contributed by atoms with Gasteiger partial charge in [0, 0.05) is 36.0 Å². The van der Waals surface area contributed by atoms with Crippen molar-refractivity contribution in [1.82, 2.24) is 0 Å². The van der Waals surface area contributed by atoms with Crippen LogP contribution in [0.15, 0.2) is 48.5 Å². The molecule has 0 spiro atoms. The molecule has 4 rings (SSSR count). The van der Waals surface area contributed by atoms with Crippen LogP contribution in [0, 0.1) is 12.7 Å². The van der Waals surface area contributed by atoms with Crippen LogP contribution < -0.4 is 25.4 Å². The largest absolute Gasteiger partial charge is 0.496 e. The van der Waals surface area contributed by atoms with Crippen molar-refractivity contribution in [2.45, 2.75) is 32.9 Å². The first-order chi connectivity index (χ1) is 16.6. The van der Waals surface area contributed by atoms with Crippen molar-refractivity contribution in [3.8, 4) is 22.6 Å². The highest BCUT2D eigenvalue weighted by Gasteiger charge is 2.38. The van der Waals surface area contributed by atoms with Crippen molar-refractivity contribution in [3.05, 3.63) is 65.5 Å². The van der Waals surface area contributed by atoms with E-state index in [0.29, 0.717) is 22.9 Å². The lowest BCUT2D eigenvalue weighted by Crippen LogP contribution is -2.52. The van der Waals surface area contributed by atoms with Crippen LogP contribution in [0.1, 0.15) is 25.0 Å². The number of rotatable bonds is 5. The zero-order valence-corrected chi connectivity index (χ0v) is 21.0. The number of fused-ring (bicyclic) bond motifs is 1. The van der Waals surface area contributed by atoms with Gasteiger partial charge in [0.2, 0.25) is 0 Å². The van der Waals surface area contributed by atoms with E-state index in [4.69, 9.17) is 20.3 Å². The van der Waals surface area contributed by atoms with E-state index in [9.17, 15) is 9.18 Å². The summed E-state index contributed by atoms with van der Waals surface area (Å²) in [4.78, 5) is 14.7. The number of nitrogen functional groups attached to an aromatic ring is 1. The highest BCUT2D eigenvalue weighted by Crippen LogP contribution is 2.44. The number of aryl methyl sites for hydroxylation is 1. The number of carbonyl (C=O) groups is 1. The number of nitrogens with one attached hydrogen (secondary N) is 1. The molecule has 0 aromatic heterocycles. The molecule has 5 N–H and O–H groups in total. The SMILES string of the molecule is COc1cc(N)ccc1-c1ccc2c(c1COc1cc(F)ccc1C)N(C)C(=O)C(C)(C)N2.C[OH2+]. The van der Waals surface area contributed by atoms with E-state index in [-0.39, 0.29) is 18.3 Å². The standard InChI is InChI=1S/C26H28FN3O3.CH4O/c1-15-6-7-16(27)12-22(15)33-14-20-18(19-9-8-17(28)13-23(19)32-5)10-11-21-24(20)30(4)25(31)26(2,3)29-21;1-2/h6-13,29H,14,28H2,1-5H3;2H,1H3/p+1. The number of nitrogens with zero attached hydrogens (tertiary/aromatic N) is 1. The Morgan fingerprint density at radius 2 is 1.74 bits per heavy atom. The number of hydrogen-bond donors (Lipinski definition) is 2. The van der Waals surface area contributed by atoms with Gasteiger partial charge in [0.15, 0.2) is 0 Å². The first-order valence-electron chi connectivity index (χ1n) is 11.2. The summed E-state index contributed by atoms with van der Waals surface area (Å²) in [6.45, 7) is 5.67. The normalized spacial score (nSPS) is 13.8. The molecular formula is C27H33FN3O4+. The van der Waals surface area contributed by atoms with Crippen LogP contribution in [0.5, 0.6) is 11.5 Å². The number of nitrogens with two attached hydrogens (primary N) is 1. The second-order valence-corrected chi connectivity index (χ2v) is 8.76. The molecule has 0 fully saturated rings. The average molecular weight is 483 g/mol. The van der Waals surface area contributed by atoms with E-state index < -0.39 is 5.54 Å². The molecule has 0 unspecified atom stereocenters. The maximum Gasteiger partial charge on any atom is 0.251 e. The minimum absolute atomic E-state index is 0.0698. The summed E-state index contributed by atoms with van der Waals surface area (Å²) >= 11 is 0. The number of amides is 1. The molecule has 0 radical (unpaired) electrons. The molecule has 1 aliphatic heterocycles. The lowest BCUT2D eigenvalue weighted by atomic mass is 9.91. The van der Waals surface area contributed by atoms with E-state index in [0.717, 1.165) is 27.9 Å². The summed E-state index contributed by atoms with van der Waals surface area (Å²) in [6, 6.07) is 13.8. The first-order valence-corrected chi connectivity index (χ1v) is 11.2. The Hall–Kier alpha value is -3.78. The minimum Gasteiger partial charge on any atom is -0.496 e. The van der Waals surface area contributed by atoms with E-state index in [1.807, 2.05) is 39.0 Å². The van der Waals surface area contributed by atoms with Crippen molar-refractivity contribution in [3.63, 3.8) is 0 Å². The van der Waals surface area contributed by atoms with Gasteiger partial charge in [0.1, 0.15) is 36.6 Å². The van der Waals surface area contributed by atoms with Crippen molar-refractivity contribution in [2.24, 2.45) is 0 Å². The molecule has 0 aliphatic carbocycles. The summed E-state index contributed by atoms with van der Waals surface area (Å²) in [5.41, 5.74) is 10.6. The molecule has 3 aromatic rings. The Labute approximate surface area is 205 Å². The number of halogens is 1. The molecule has 186 valence electrons. The fourth-order valence-electron chi connectivity index (χ4n) is 4.24. The minimum atomic E-state index is -0.751. The molecule has 0 bridgehead atoms. The molecule has 0 atom stereocenters. The van der Waals surface area contributed by atoms with Crippen LogP contribution in [-0.2, 0) is 11.4 Å². The maximum atomic E-state index is 13.9. The van der Waals surface area contributed by atoms with Crippen molar-refractivity contribution >= 4 is 23.0 Å². The molecule has 1 aliphatic rings. The molecule has 3 aromatic carbocycles. The van der Waals surface area contributed by atoms with Gasteiger partial charge < -0.3 is 30.5 Å². The van der Waals surface area contributed by atoms with Gasteiger partial charge in [0.05, 0.1) is 18.5 Å². The molecule has 7 nitrogen and oxygen atoms in total. The Kier molecular flexibility index (Phi) is 7.55. The Bertz CT molecular complexity index is 1240. The van der Waals surface area contributed by atoms with Crippen LogP contribution >= 0.6 is 0 Å². The molecule has 1 heterocycles. The third-order valence-corrected chi connectivity index (χ3v) is 5.94. The molecule has 0 saturated carbocycles. The fourth-order valence-corrected chi connectivity index (χ4v) is 4.24. The second-order valence-electron chi connectivity index (χ2n) is 8.76. The Morgan fingerprint density at radius 1 is 1.06 bits per heavy atom. The van der Waals surface area contributed by atoms with Crippen LogP contribution in [0.4, 0.5) is 21.5 Å². The Morgan fingerprint density at radius 3 is 2.43 bits per heavy atom. The number of anilines is 3. The van der Waals surface area contributed by atoms with Gasteiger partial charge in [0.25, 0.3) is 5.91 Å². The lowest BCUT2D eigenvalue weighted by molar-refractivity contribution is -0.121. The van der Waals surface area contributed by atoms with Crippen molar-refractivity contribution in [2.75, 3.05) is 37.2 Å². The van der Waals surface area contributed by atoms with Gasteiger partial charge in [-0.2, -0.15) is 0 Å². The Balaban J connectivity index is 0.00000167. The van der Waals surface area contributed by atoms with E-state index in [1.54, 1.807) is 37.3 Å². The maximum absolute atomic E-state index is 13.9. The predicted octanol–water partition coefficient (Wildman–Crippen LogP) is 4.48. The summed E-state index contributed by atoms with van der Waals surface area (Å²) in [7, 11) is 4.59. The average Bonchev–Trinajstić information content (AvgIpc) is 2.84.